The first-order valence-corrected chi connectivity index (χ1v) is 5.91. The third-order valence-corrected chi connectivity index (χ3v) is 3.64. The van der Waals surface area contributed by atoms with E-state index in [1.165, 1.54) is 24.3 Å². The molecule has 2 nitrogen and oxygen atoms in total. The van der Waals surface area contributed by atoms with Gasteiger partial charge in [0.15, 0.2) is 0 Å². The van der Waals surface area contributed by atoms with Crippen LogP contribution in [0.1, 0.15) is 17.3 Å². The lowest BCUT2D eigenvalue weighted by atomic mass is 10.2. The minimum Gasteiger partial charge on any atom is -0.326 e. The molecule has 4 heteroatoms. The van der Waals surface area contributed by atoms with Crippen LogP contribution in [0.5, 0.6) is 0 Å². The monoisotopic (exact) mass is 225 g/mol. The van der Waals surface area contributed by atoms with Gasteiger partial charge in [0.25, 0.3) is 5.91 Å². The van der Waals surface area contributed by atoms with E-state index in [1.807, 2.05) is 11.8 Å². The average Bonchev–Trinajstić information content (AvgIpc) is 2.65. The second-order valence-electron chi connectivity index (χ2n) is 3.48. The smallest absolute Gasteiger partial charge is 0.254 e. The predicted molar refractivity (Wildman–Crippen MR) is 59.4 cm³/mol. The number of thioether (sulfide) groups is 1. The lowest BCUT2D eigenvalue weighted by Gasteiger charge is -2.20. The second-order valence-corrected chi connectivity index (χ2v) is 4.90. The van der Waals surface area contributed by atoms with Crippen LogP contribution in [0.2, 0.25) is 0 Å². The Morgan fingerprint density at radius 2 is 2.13 bits per heavy atom. The molecule has 0 aromatic heterocycles. The molecule has 80 valence electrons. The average molecular weight is 225 g/mol. The molecule has 0 radical (unpaired) electrons. The van der Waals surface area contributed by atoms with Crippen LogP contribution < -0.4 is 0 Å². The van der Waals surface area contributed by atoms with Crippen LogP contribution >= 0.6 is 11.8 Å². The maximum Gasteiger partial charge on any atom is 0.254 e. The molecule has 1 saturated heterocycles. The molecule has 1 aliphatic heterocycles. The fraction of sp³-hybridized carbons (Fsp3) is 0.364. The summed E-state index contributed by atoms with van der Waals surface area (Å²) in [5, 5.41) is 0.225. The largest absolute Gasteiger partial charge is 0.326 e. The number of carbonyl (C=O) groups excluding carboxylic acids is 1. The summed E-state index contributed by atoms with van der Waals surface area (Å²) in [5.41, 5.74) is 0.561. The van der Waals surface area contributed by atoms with Crippen molar-refractivity contribution < 1.29 is 9.18 Å². The summed E-state index contributed by atoms with van der Waals surface area (Å²) in [6.07, 6.45) is 0. The molecule has 1 heterocycles. The molecule has 1 unspecified atom stereocenters. The molecule has 1 aromatic carbocycles. The molecule has 0 saturated carbocycles. The van der Waals surface area contributed by atoms with Gasteiger partial charge in [-0.15, -0.1) is 11.8 Å². The zero-order valence-corrected chi connectivity index (χ0v) is 9.26. The molecule has 0 aliphatic carbocycles. The van der Waals surface area contributed by atoms with Crippen LogP contribution in [-0.4, -0.2) is 28.5 Å². The van der Waals surface area contributed by atoms with E-state index in [-0.39, 0.29) is 17.1 Å². The summed E-state index contributed by atoms with van der Waals surface area (Å²) in [6, 6.07) is 5.71. The zero-order valence-electron chi connectivity index (χ0n) is 8.44. The van der Waals surface area contributed by atoms with Gasteiger partial charge in [-0.1, -0.05) is 0 Å². The zero-order chi connectivity index (χ0) is 10.8. The molecule has 2 rings (SSSR count). The highest BCUT2D eigenvalue weighted by Crippen LogP contribution is 2.24. The molecule has 0 N–H and O–H groups in total. The van der Waals surface area contributed by atoms with Crippen LogP contribution in [0, 0.1) is 5.82 Å². The Kier molecular flexibility index (Phi) is 2.95. The minimum atomic E-state index is -0.310. The van der Waals surface area contributed by atoms with Crippen molar-refractivity contribution in [3.63, 3.8) is 0 Å². The highest BCUT2D eigenvalue weighted by molar-refractivity contribution is 8.00. The van der Waals surface area contributed by atoms with Crippen molar-refractivity contribution in [3.05, 3.63) is 35.6 Å². The van der Waals surface area contributed by atoms with Crippen molar-refractivity contribution in [2.45, 2.75) is 12.3 Å². The molecular weight excluding hydrogens is 213 g/mol. The topological polar surface area (TPSA) is 20.3 Å². The van der Waals surface area contributed by atoms with Gasteiger partial charge in [0.2, 0.25) is 0 Å². The number of carbonyl (C=O) groups is 1. The number of rotatable bonds is 1. The quantitative estimate of drug-likeness (QED) is 0.731. The number of amides is 1. The van der Waals surface area contributed by atoms with Crippen LogP contribution in [0.3, 0.4) is 0 Å². The standard InChI is InChI=1S/C11H12FNOS/c1-8-13(6-7-15-8)11(14)9-2-4-10(12)5-3-9/h2-5,8H,6-7H2,1H3. The van der Waals surface area contributed by atoms with Crippen molar-refractivity contribution in [1.82, 2.24) is 4.90 Å². The van der Waals surface area contributed by atoms with Gasteiger partial charge in [0.05, 0.1) is 5.37 Å². The van der Waals surface area contributed by atoms with Crippen molar-refractivity contribution >= 4 is 17.7 Å². The normalized spacial score (nSPS) is 20.7. The first-order chi connectivity index (χ1) is 7.18. The number of nitrogens with zero attached hydrogens (tertiary/aromatic N) is 1. The van der Waals surface area contributed by atoms with Gasteiger partial charge in [0.1, 0.15) is 5.82 Å². The van der Waals surface area contributed by atoms with Gasteiger partial charge in [-0.3, -0.25) is 4.79 Å². The Morgan fingerprint density at radius 1 is 1.47 bits per heavy atom. The maximum absolute atomic E-state index is 12.7. The molecule has 0 spiro atoms. The highest BCUT2D eigenvalue weighted by atomic mass is 32.2. The Morgan fingerprint density at radius 3 is 2.67 bits per heavy atom. The fourth-order valence-electron chi connectivity index (χ4n) is 1.62. The Bertz CT molecular complexity index is 365. The van der Waals surface area contributed by atoms with Gasteiger partial charge >= 0.3 is 0 Å². The second kappa shape index (κ2) is 4.23. The van der Waals surface area contributed by atoms with Gasteiger partial charge in [-0.25, -0.2) is 4.39 Å². The van der Waals surface area contributed by atoms with E-state index in [2.05, 4.69) is 0 Å². The van der Waals surface area contributed by atoms with Gasteiger partial charge in [-0.2, -0.15) is 0 Å². The van der Waals surface area contributed by atoms with E-state index in [4.69, 9.17) is 0 Å². The number of halogens is 1. The third-order valence-electron chi connectivity index (χ3n) is 2.48. The first kappa shape index (κ1) is 10.5. The fourth-order valence-corrected chi connectivity index (χ4v) is 2.64. The molecule has 1 fully saturated rings. The number of benzene rings is 1. The molecular formula is C11H12FNOS. The first-order valence-electron chi connectivity index (χ1n) is 4.86. The van der Waals surface area contributed by atoms with E-state index in [0.717, 1.165) is 12.3 Å². The van der Waals surface area contributed by atoms with Crippen LogP contribution in [0.4, 0.5) is 4.39 Å². The van der Waals surface area contributed by atoms with E-state index in [0.29, 0.717) is 5.56 Å². The molecule has 1 aromatic rings. The molecule has 15 heavy (non-hydrogen) atoms. The number of hydrogen-bond donors (Lipinski definition) is 0. The van der Waals surface area contributed by atoms with Crippen LogP contribution in [-0.2, 0) is 0 Å². The lowest BCUT2D eigenvalue weighted by molar-refractivity contribution is 0.0768. The van der Waals surface area contributed by atoms with Crippen LogP contribution in [0.25, 0.3) is 0 Å². The SMILES string of the molecule is CC1SCCN1C(=O)c1ccc(F)cc1. The summed E-state index contributed by atoms with van der Waals surface area (Å²) in [6.45, 7) is 2.79. The minimum absolute atomic E-state index is 0.00694. The summed E-state index contributed by atoms with van der Waals surface area (Å²) >= 11 is 1.76. The molecule has 1 amide bonds. The van der Waals surface area contributed by atoms with Gasteiger partial charge in [0, 0.05) is 17.9 Å². The highest BCUT2D eigenvalue weighted by Gasteiger charge is 2.26. The molecule has 1 atom stereocenters. The van der Waals surface area contributed by atoms with Gasteiger partial charge in [-0.05, 0) is 31.2 Å². The predicted octanol–water partition coefficient (Wildman–Crippen LogP) is 2.36. The van der Waals surface area contributed by atoms with Crippen molar-refractivity contribution in [3.8, 4) is 0 Å². The summed E-state index contributed by atoms with van der Waals surface area (Å²) in [7, 11) is 0. The van der Waals surface area contributed by atoms with E-state index in [1.54, 1.807) is 11.8 Å². The Labute approximate surface area is 92.5 Å². The number of hydrogen-bond acceptors (Lipinski definition) is 2. The Hall–Kier alpha value is -1.03. The summed E-state index contributed by atoms with van der Waals surface area (Å²) in [5.74, 6) is 0.663. The van der Waals surface area contributed by atoms with E-state index >= 15 is 0 Å². The van der Waals surface area contributed by atoms with Crippen molar-refractivity contribution in [1.29, 1.82) is 0 Å². The Balaban J connectivity index is 2.17. The van der Waals surface area contributed by atoms with E-state index in [9.17, 15) is 9.18 Å². The molecule has 0 bridgehead atoms. The summed E-state index contributed by atoms with van der Waals surface area (Å²) < 4.78 is 12.7. The van der Waals surface area contributed by atoms with E-state index < -0.39 is 0 Å². The van der Waals surface area contributed by atoms with Crippen LogP contribution in [0.15, 0.2) is 24.3 Å². The molecule has 1 aliphatic rings. The lowest BCUT2D eigenvalue weighted by Crippen LogP contribution is -2.33. The third kappa shape index (κ3) is 2.15. The maximum atomic E-state index is 12.7. The van der Waals surface area contributed by atoms with Crippen molar-refractivity contribution in [2.75, 3.05) is 12.3 Å². The van der Waals surface area contributed by atoms with Crippen molar-refractivity contribution in [2.24, 2.45) is 0 Å². The summed E-state index contributed by atoms with van der Waals surface area (Å²) in [4.78, 5) is 13.8. The van der Waals surface area contributed by atoms with Gasteiger partial charge < -0.3 is 4.90 Å².